The van der Waals surface area contributed by atoms with Crippen molar-refractivity contribution < 1.29 is 23.6 Å². The number of nitrogens with zero attached hydrogens (tertiary/aromatic N) is 1. The molecule has 0 aliphatic carbocycles. The molecule has 0 saturated heterocycles. The van der Waals surface area contributed by atoms with Gasteiger partial charge in [0.05, 0.1) is 16.7 Å². The van der Waals surface area contributed by atoms with Crippen LogP contribution in [0.2, 0.25) is 10.0 Å². The topological polar surface area (TPSA) is 104 Å². The smallest absolute Gasteiger partial charge is 0.291 e. The molecule has 10 heteroatoms. The Bertz CT molecular complexity index is 1390. The number of nitro benzene ring substituents is 1. The van der Waals surface area contributed by atoms with Crippen LogP contribution in [0, 0.1) is 17.0 Å². The molecular formula is C25H18Cl2N2O6. The number of rotatable bonds is 8. The van der Waals surface area contributed by atoms with E-state index < -0.39 is 10.8 Å². The van der Waals surface area contributed by atoms with E-state index in [9.17, 15) is 14.9 Å². The number of halogens is 2. The van der Waals surface area contributed by atoms with E-state index in [2.05, 4.69) is 5.32 Å². The molecule has 3 aromatic carbocycles. The molecule has 178 valence electrons. The van der Waals surface area contributed by atoms with Crippen LogP contribution < -0.4 is 14.8 Å². The fraction of sp³-hybridized carbons (Fsp3) is 0.0800. The van der Waals surface area contributed by atoms with Crippen molar-refractivity contribution in [3.05, 3.63) is 110 Å². The molecule has 0 spiro atoms. The van der Waals surface area contributed by atoms with Gasteiger partial charge in [-0.1, -0.05) is 23.2 Å². The molecule has 0 aliphatic heterocycles. The van der Waals surface area contributed by atoms with Gasteiger partial charge in [-0.3, -0.25) is 14.9 Å². The molecule has 1 N–H and O–H groups in total. The van der Waals surface area contributed by atoms with Crippen LogP contribution in [0.1, 0.15) is 21.9 Å². The van der Waals surface area contributed by atoms with Crippen LogP contribution in [0.15, 0.2) is 77.2 Å². The third-order valence-corrected chi connectivity index (χ3v) is 5.48. The monoisotopic (exact) mass is 512 g/mol. The first-order chi connectivity index (χ1) is 16.8. The normalized spacial score (nSPS) is 10.6. The van der Waals surface area contributed by atoms with Crippen LogP contribution in [-0.4, -0.2) is 10.8 Å². The van der Waals surface area contributed by atoms with Gasteiger partial charge in [0.1, 0.15) is 29.6 Å². The van der Waals surface area contributed by atoms with E-state index in [1.165, 1.54) is 24.3 Å². The second-order valence-electron chi connectivity index (χ2n) is 7.45. The number of carbonyl (C=O) groups is 1. The van der Waals surface area contributed by atoms with Gasteiger partial charge in [0.25, 0.3) is 11.6 Å². The second kappa shape index (κ2) is 10.5. The van der Waals surface area contributed by atoms with E-state index in [0.717, 1.165) is 5.56 Å². The number of anilines is 1. The third kappa shape index (κ3) is 6.32. The van der Waals surface area contributed by atoms with Gasteiger partial charge in [-0.2, -0.15) is 0 Å². The summed E-state index contributed by atoms with van der Waals surface area (Å²) in [4.78, 5) is 23.5. The highest BCUT2D eigenvalue weighted by molar-refractivity contribution is 6.31. The predicted molar refractivity (Wildman–Crippen MR) is 132 cm³/mol. The quantitative estimate of drug-likeness (QED) is 0.194. The lowest BCUT2D eigenvalue weighted by Gasteiger charge is -2.09. The molecule has 35 heavy (non-hydrogen) atoms. The number of benzene rings is 3. The van der Waals surface area contributed by atoms with Gasteiger partial charge in [0, 0.05) is 22.2 Å². The maximum absolute atomic E-state index is 12.7. The molecule has 4 rings (SSSR count). The maximum Gasteiger partial charge on any atom is 0.291 e. The van der Waals surface area contributed by atoms with Gasteiger partial charge in [0.2, 0.25) is 0 Å². The number of nitro groups is 1. The van der Waals surface area contributed by atoms with E-state index in [-0.39, 0.29) is 29.5 Å². The molecule has 1 amide bonds. The SMILES string of the molecule is Cc1cc(OCc2ccc(C(=O)Nc3cc(Oc4ccc(Cl)cc4)cc([N+](=O)[O-])c3)o2)ccc1Cl. The van der Waals surface area contributed by atoms with Crippen molar-refractivity contribution in [1.29, 1.82) is 0 Å². The van der Waals surface area contributed by atoms with Crippen LogP contribution in [0.5, 0.6) is 17.2 Å². The summed E-state index contributed by atoms with van der Waals surface area (Å²) in [6, 6.07) is 18.8. The van der Waals surface area contributed by atoms with Crippen molar-refractivity contribution in [3.8, 4) is 17.2 Å². The summed E-state index contributed by atoms with van der Waals surface area (Å²) in [6.07, 6.45) is 0. The minimum atomic E-state index is -0.587. The van der Waals surface area contributed by atoms with E-state index in [1.807, 2.05) is 6.92 Å². The zero-order chi connectivity index (χ0) is 24.9. The molecule has 0 bridgehead atoms. The number of aryl methyl sites for hydroxylation is 1. The Morgan fingerprint density at radius 1 is 0.971 bits per heavy atom. The predicted octanol–water partition coefficient (Wildman–Crippen LogP) is 7.43. The highest BCUT2D eigenvalue weighted by Gasteiger charge is 2.16. The average Bonchev–Trinajstić information content (AvgIpc) is 3.30. The Labute approximate surface area is 210 Å². The van der Waals surface area contributed by atoms with Crippen LogP contribution in [0.4, 0.5) is 11.4 Å². The number of ether oxygens (including phenoxy) is 2. The Hall–Kier alpha value is -4.01. The molecule has 0 aliphatic rings. The lowest BCUT2D eigenvalue weighted by molar-refractivity contribution is -0.384. The zero-order valence-corrected chi connectivity index (χ0v) is 19.8. The number of furan rings is 1. The number of nitrogens with one attached hydrogen (secondary N) is 1. The molecule has 1 aromatic heterocycles. The van der Waals surface area contributed by atoms with Crippen molar-refractivity contribution in [3.63, 3.8) is 0 Å². The lowest BCUT2D eigenvalue weighted by Crippen LogP contribution is -2.11. The number of amides is 1. The van der Waals surface area contributed by atoms with Crippen molar-refractivity contribution in [1.82, 2.24) is 0 Å². The summed E-state index contributed by atoms with van der Waals surface area (Å²) in [5, 5.41) is 15.1. The van der Waals surface area contributed by atoms with E-state index in [0.29, 0.717) is 27.3 Å². The van der Waals surface area contributed by atoms with Gasteiger partial charge in [-0.25, -0.2) is 0 Å². The van der Waals surface area contributed by atoms with Gasteiger partial charge in [0.15, 0.2) is 5.76 Å². The largest absolute Gasteiger partial charge is 0.486 e. The van der Waals surface area contributed by atoms with Gasteiger partial charge < -0.3 is 19.2 Å². The Morgan fingerprint density at radius 3 is 2.43 bits per heavy atom. The van der Waals surface area contributed by atoms with Gasteiger partial charge in [-0.15, -0.1) is 0 Å². The number of carbonyl (C=O) groups excluding carboxylic acids is 1. The standard InChI is InChI=1S/C25H18Cl2N2O6/c1-15-10-20(6-8-23(15)27)33-14-21-7-9-24(35-21)25(30)28-17-11-18(29(31)32)13-22(12-17)34-19-4-2-16(26)3-5-19/h2-13H,14H2,1H3,(H,28,30). The number of hydrogen-bond donors (Lipinski definition) is 1. The maximum atomic E-state index is 12.7. The molecular weight excluding hydrogens is 495 g/mol. The fourth-order valence-electron chi connectivity index (χ4n) is 3.09. The fourth-order valence-corrected chi connectivity index (χ4v) is 3.33. The summed E-state index contributed by atoms with van der Waals surface area (Å²) < 4.78 is 16.9. The Morgan fingerprint density at radius 2 is 1.71 bits per heavy atom. The third-order valence-electron chi connectivity index (χ3n) is 4.81. The molecule has 0 radical (unpaired) electrons. The molecule has 0 saturated carbocycles. The lowest BCUT2D eigenvalue weighted by atomic mass is 10.2. The minimum absolute atomic E-state index is 0.0163. The first-order valence-electron chi connectivity index (χ1n) is 10.3. The first kappa shape index (κ1) is 24.1. The van der Waals surface area contributed by atoms with Crippen molar-refractivity contribution in [2.75, 3.05) is 5.32 Å². The van der Waals surface area contributed by atoms with Crippen LogP contribution >= 0.6 is 23.2 Å². The van der Waals surface area contributed by atoms with Crippen molar-refractivity contribution in [2.24, 2.45) is 0 Å². The Balaban J connectivity index is 1.45. The van der Waals surface area contributed by atoms with Crippen LogP contribution in [0.3, 0.4) is 0 Å². The summed E-state index contributed by atoms with van der Waals surface area (Å²) in [6.45, 7) is 1.97. The van der Waals surface area contributed by atoms with Crippen molar-refractivity contribution in [2.45, 2.75) is 13.5 Å². The summed E-state index contributed by atoms with van der Waals surface area (Å²) in [5.41, 5.74) is 0.789. The summed E-state index contributed by atoms with van der Waals surface area (Å²) in [7, 11) is 0. The molecule has 4 aromatic rings. The van der Waals surface area contributed by atoms with E-state index >= 15 is 0 Å². The van der Waals surface area contributed by atoms with Gasteiger partial charge in [-0.05, 0) is 67.1 Å². The average molecular weight is 513 g/mol. The minimum Gasteiger partial charge on any atom is -0.486 e. The molecule has 0 unspecified atom stereocenters. The highest BCUT2D eigenvalue weighted by atomic mass is 35.5. The van der Waals surface area contributed by atoms with Crippen molar-refractivity contribution >= 4 is 40.5 Å². The number of hydrogen-bond acceptors (Lipinski definition) is 6. The van der Waals surface area contributed by atoms with E-state index in [4.69, 9.17) is 37.1 Å². The summed E-state index contributed by atoms with van der Waals surface area (Å²) in [5.74, 6) is 1.06. The molecule has 0 fully saturated rings. The van der Waals surface area contributed by atoms with Crippen LogP contribution in [0.25, 0.3) is 0 Å². The molecule has 1 heterocycles. The molecule has 8 nitrogen and oxygen atoms in total. The zero-order valence-electron chi connectivity index (χ0n) is 18.3. The number of non-ortho nitro benzene ring substituents is 1. The van der Waals surface area contributed by atoms with E-state index in [1.54, 1.807) is 48.5 Å². The summed E-state index contributed by atoms with van der Waals surface area (Å²) >= 11 is 11.9. The van der Waals surface area contributed by atoms with Gasteiger partial charge >= 0.3 is 0 Å². The second-order valence-corrected chi connectivity index (χ2v) is 8.29. The first-order valence-corrected chi connectivity index (χ1v) is 11.0. The van der Waals surface area contributed by atoms with Crippen LogP contribution in [-0.2, 0) is 6.61 Å². The molecule has 0 atom stereocenters. The Kier molecular flexibility index (Phi) is 7.24. The highest BCUT2D eigenvalue weighted by Crippen LogP contribution is 2.31.